The molecule has 114 valence electrons. The Labute approximate surface area is 124 Å². The van der Waals surface area contributed by atoms with Crippen LogP contribution in [0.2, 0.25) is 0 Å². The first-order valence-corrected chi connectivity index (χ1v) is 7.82. The highest BCUT2D eigenvalue weighted by atomic mass is 16.5. The molecule has 0 bridgehead atoms. The number of hydrogen-bond acceptors (Lipinski definition) is 3. The van der Waals surface area contributed by atoms with Gasteiger partial charge in [0.05, 0.1) is 6.61 Å². The molecule has 3 heteroatoms. The highest BCUT2D eigenvalue weighted by molar-refractivity contribution is 5.54. The summed E-state index contributed by atoms with van der Waals surface area (Å²) >= 11 is 0. The normalized spacial score (nSPS) is 11.1. The number of benzene rings is 1. The Hall–Kier alpha value is -1.06. The molecular weight excluding hydrogens is 248 g/mol. The molecule has 0 heterocycles. The molecule has 1 N–H and O–H groups in total. The number of nitrogens with one attached hydrogen (secondary N) is 1. The molecule has 0 saturated heterocycles. The van der Waals surface area contributed by atoms with Crippen LogP contribution in [0.1, 0.15) is 39.2 Å². The standard InChI is InChI=1S/C17H30N2O/c1-5-16(6-2)19(12-13-20-4)17-11-9-8-10-15(17)14-18-7-3/h8-11,16,18H,5-7,12-14H2,1-4H3. The molecule has 1 rings (SSSR count). The van der Waals surface area contributed by atoms with Crippen LogP contribution < -0.4 is 10.2 Å². The third-order valence-electron chi connectivity index (χ3n) is 3.79. The smallest absolute Gasteiger partial charge is 0.0637 e. The molecule has 20 heavy (non-hydrogen) atoms. The highest BCUT2D eigenvalue weighted by Gasteiger charge is 2.17. The topological polar surface area (TPSA) is 24.5 Å². The van der Waals surface area contributed by atoms with Gasteiger partial charge in [0.25, 0.3) is 0 Å². The Morgan fingerprint density at radius 3 is 2.45 bits per heavy atom. The maximum absolute atomic E-state index is 5.30. The third kappa shape index (κ3) is 4.80. The van der Waals surface area contributed by atoms with Gasteiger partial charge in [-0.1, -0.05) is 39.0 Å². The van der Waals surface area contributed by atoms with E-state index >= 15 is 0 Å². The largest absolute Gasteiger partial charge is 0.383 e. The second kappa shape index (κ2) is 9.78. The van der Waals surface area contributed by atoms with Gasteiger partial charge in [0, 0.05) is 31.9 Å². The predicted octanol–water partition coefficient (Wildman–Crippen LogP) is 3.44. The molecule has 0 saturated carbocycles. The van der Waals surface area contributed by atoms with Crippen molar-refractivity contribution in [2.45, 2.75) is 46.2 Å². The summed E-state index contributed by atoms with van der Waals surface area (Å²) in [7, 11) is 1.77. The Balaban J connectivity index is 2.98. The SMILES string of the molecule is CCNCc1ccccc1N(CCOC)C(CC)CC. The van der Waals surface area contributed by atoms with Gasteiger partial charge in [0.2, 0.25) is 0 Å². The lowest BCUT2D eigenvalue weighted by atomic mass is 10.1. The van der Waals surface area contributed by atoms with E-state index in [1.54, 1.807) is 7.11 Å². The lowest BCUT2D eigenvalue weighted by Gasteiger charge is -2.34. The molecule has 0 unspecified atom stereocenters. The molecule has 0 amide bonds. The lowest BCUT2D eigenvalue weighted by Crippen LogP contribution is -2.38. The second-order valence-electron chi connectivity index (χ2n) is 5.07. The van der Waals surface area contributed by atoms with Crippen molar-refractivity contribution in [3.8, 4) is 0 Å². The van der Waals surface area contributed by atoms with Gasteiger partial charge in [0.1, 0.15) is 0 Å². The van der Waals surface area contributed by atoms with Crippen LogP contribution in [0, 0.1) is 0 Å². The van der Waals surface area contributed by atoms with Crippen molar-refractivity contribution in [2.24, 2.45) is 0 Å². The first kappa shape index (κ1) is 17.0. The van der Waals surface area contributed by atoms with Crippen molar-refractivity contribution < 1.29 is 4.74 Å². The van der Waals surface area contributed by atoms with Gasteiger partial charge < -0.3 is 15.0 Å². The van der Waals surface area contributed by atoms with E-state index < -0.39 is 0 Å². The summed E-state index contributed by atoms with van der Waals surface area (Å²) < 4.78 is 5.30. The van der Waals surface area contributed by atoms with Crippen LogP contribution in [-0.2, 0) is 11.3 Å². The van der Waals surface area contributed by atoms with Crippen LogP contribution in [0.4, 0.5) is 5.69 Å². The van der Waals surface area contributed by atoms with Crippen molar-refractivity contribution >= 4 is 5.69 Å². The van der Waals surface area contributed by atoms with Crippen LogP contribution in [0.5, 0.6) is 0 Å². The van der Waals surface area contributed by atoms with E-state index in [2.05, 4.69) is 55.3 Å². The Bertz CT molecular complexity index is 364. The molecule has 0 aliphatic heterocycles. The number of hydrogen-bond donors (Lipinski definition) is 1. The average Bonchev–Trinajstić information content (AvgIpc) is 2.50. The molecule has 0 fully saturated rings. The molecule has 3 nitrogen and oxygen atoms in total. The van der Waals surface area contributed by atoms with E-state index in [4.69, 9.17) is 4.74 Å². The fourth-order valence-electron chi connectivity index (χ4n) is 2.62. The zero-order chi connectivity index (χ0) is 14.8. The van der Waals surface area contributed by atoms with Crippen LogP contribution in [0.3, 0.4) is 0 Å². The Morgan fingerprint density at radius 2 is 1.85 bits per heavy atom. The molecule has 1 aromatic carbocycles. The van der Waals surface area contributed by atoms with E-state index in [0.29, 0.717) is 6.04 Å². The zero-order valence-corrected chi connectivity index (χ0v) is 13.5. The van der Waals surface area contributed by atoms with Gasteiger partial charge in [-0.3, -0.25) is 0 Å². The summed E-state index contributed by atoms with van der Waals surface area (Å²) in [5.74, 6) is 0. The molecule has 0 spiro atoms. The van der Waals surface area contributed by atoms with Gasteiger partial charge in [-0.15, -0.1) is 0 Å². The van der Waals surface area contributed by atoms with Crippen LogP contribution in [-0.4, -0.2) is 32.8 Å². The number of nitrogens with zero attached hydrogens (tertiary/aromatic N) is 1. The maximum atomic E-state index is 5.30. The summed E-state index contributed by atoms with van der Waals surface area (Å²) in [6.45, 7) is 10.3. The van der Waals surface area contributed by atoms with Crippen molar-refractivity contribution in [3.63, 3.8) is 0 Å². The third-order valence-corrected chi connectivity index (χ3v) is 3.79. The van der Waals surface area contributed by atoms with Crippen LogP contribution in [0.15, 0.2) is 24.3 Å². The van der Waals surface area contributed by atoms with E-state index in [9.17, 15) is 0 Å². The summed E-state index contributed by atoms with van der Waals surface area (Å²) in [4.78, 5) is 2.51. The molecular formula is C17H30N2O. The van der Waals surface area contributed by atoms with E-state index in [-0.39, 0.29) is 0 Å². The highest BCUT2D eigenvalue weighted by Crippen LogP contribution is 2.24. The number of anilines is 1. The summed E-state index contributed by atoms with van der Waals surface area (Å²) in [5.41, 5.74) is 2.72. The quantitative estimate of drug-likeness (QED) is 0.709. The van der Waals surface area contributed by atoms with Crippen LogP contribution in [0.25, 0.3) is 0 Å². The van der Waals surface area contributed by atoms with Crippen molar-refractivity contribution in [1.82, 2.24) is 5.32 Å². The zero-order valence-electron chi connectivity index (χ0n) is 13.5. The Kier molecular flexibility index (Phi) is 8.31. The molecule has 1 aromatic rings. The summed E-state index contributed by atoms with van der Waals surface area (Å²) in [6, 6.07) is 9.29. The van der Waals surface area contributed by atoms with Gasteiger partial charge >= 0.3 is 0 Å². The predicted molar refractivity (Wildman–Crippen MR) is 87.4 cm³/mol. The number of rotatable bonds is 10. The minimum absolute atomic E-state index is 0.577. The molecule has 0 aliphatic rings. The molecule has 0 atom stereocenters. The fraction of sp³-hybridized carbons (Fsp3) is 0.647. The van der Waals surface area contributed by atoms with E-state index in [0.717, 1.165) is 39.1 Å². The average molecular weight is 278 g/mol. The Morgan fingerprint density at radius 1 is 1.15 bits per heavy atom. The second-order valence-corrected chi connectivity index (χ2v) is 5.07. The minimum atomic E-state index is 0.577. The number of methoxy groups -OCH3 is 1. The van der Waals surface area contributed by atoms with Gasteiger partial charge in [-0.05, 0) is 31.0 Å². The maximum Gasteiger partial charge on any atom is 0.0637 e. The molecule has 0 aliphatic carbocycles. The molecule has 0 radical (unpaired) electrons. The lowest BCUT2D eigenvalue weighted by molar-refractivity contribution is 0.202. The first-order chi connectivity index (χ1) is 9.78. The number of para-hydroxylation sites is 1. The van der Waals surface area contributed by atoms with Gasteiger partial charge in [0.15, 0.2) is 0 Å². The van der Waals surface area contributed by atoms with Crippen molar-refractivity contribution in [2.75, 3.05) is 31.7 Å². The van der Waals surface area contributed by atoms with Crippen molar-refractivity contribution in [3.05, 3.63) is 29.8 Å². The number of ether oxygens (including phenoxy) is 1. The van der Waals surface area contributed by atoms with E-state index in [1.807, 2.05) is 0 Å². The van der Waals surface area contributed by atoms with Gasteiger partial charge in [-0.2, -0.15) is 0 Å². The first-order valence-electron chi connectivity index (χ1n) is 7.82. The van der Waals surface area contributed by atoms with Crippen LogP contribution >= 0.6 is 0 Å². The molecule has 0 aromatic heterocycles. The fourth-order valence-corrected chi connectivity index (χ4v) is 2.62. The van der Waals surface area contributed by atoms with E-state index in [1.165, 1.54) is 11.3 Å². The minimum Gasteiger partial charge on any atom is -0.383 e. The monoisotopic (exact) mass is 278 g/mol. The summed E-state index contributed by atoms with van der Waals surface area (Å²) in [5, 5.41) is 3.43. The van der Waals surface area contributed by atoms with Crippen molar-refractivity contribution in [1.29, 1.82) is 0 Å². The van der Waals surface area contributed by atoms with Gasteiger partial charge in [-0.25, -0.2) is 0 Å². The summed E-state index contributed by atoms with van der Waals surface area (Å²) in [6.07, 6.45) is 2.32.